The van der Waals surface area contributed by atoms with Crippen molar-refractivity contribution < 1.29 is 19.0 Å². The van der Waals surface area contributed by atoms with E-state index >= 15 is 0 Å². The van der Waals surface area contributed by atoms with Crippen molar-refractivity contribution in [2.75, 3.05) is 13.2 Å². The van der Waals surface area contributed by atoms with Crippen molar-refractivity contribution in [1.82, 2.24) is 0 Å². The number of aromatic hydroxyl groups is 1. The Balaban J connectivity index is 1.69. The highest BCUT2D eigenvalue weighted by Gasteiger charge is 2.18. The highest BCUT2D eigenvalue weighted by molar-refractivity contribution is 7.99. The topological polar surface area (TPSA) is 68.9 Å². The lowest BCUT2D eigenvalue weighted by atomic mass is 10.0. The molecule has 0 aliphatic carbocycles. The van der Waals surface area contributed by atoms with Crippen LogP contribution in [0.3, 0.4) is 0 Å². The lowest BCUT2D eigenvalue weighted by Gasteiger charge is -2.18. The van der Waals surface area contributed by atoms with Crippen molar-refractivity contribution in [1.29, 1.82) is 0 Å². The Kier molecular flexibility index (Phi) is 5.05. The van der Waals surface area contributed by atoms with Crippen molar-refractivity contribution in [2.45, 2.75) is 29.6 Å². The van der Waals surface area contributed by atoms with E-state index in [2.05, 4.69) is 13.8 Å². The molecule has 1 aliphatic rings. The van der Waals surface area contributed by atoms with E-state index in [0.717, 1.165) is 10.5 Å². The van der Waals surface area contributed by atoms with Crippen molar-refractivity contribution >= 4 is 11.8 Å². The van der Waals surface area contributed by atoms with Crippen LogP contribution < -0.4 is 15.1 Å². The van der Waals surface area contributed by atoms with Gasteiger partial charge < -0.3 is 19.0 Å². The molecule has 0 fully saturated rings. The summed E-state index contributed by atoms with van der Waals surface area (Å²) in [5.41, 5.74) is 1.17. The van der Waals surface area contributed by atoms with Crippen LogP contribution in [0, 0.1) is 0 Å². The summed E-state index contributed by atoms with van der Waals surface area (Å²) in [5, 5.41) is 10.5. The van der Waals surface area contributed by atoms with Gasteiger partial charge in [-0.1, -0.05) is 43.8 Å². The molecule has 0 amide bonds. The summed E-state index contributed by atoms with van der Waals surface area (Å²) in [6.07, 6.45) is 0. The third kappa shape index (κ3) is 3.60. The second kappa shape index (κ2) is 7.64. The molecule has 2 heterocycles. The van der Waals surface area contributed by atoms with Gasteiger partial charge in [0.2, 0.25) is 0 Å². The molecule has 0 radical (unpaired) electrons. The second-order valence-electron chi connectivity index (χ2n) is 6.77. The molecule has 1 aromatic heterocycles. The molecule has 0 unspecified atom stereocenters. The monoisotopic (exact) mass is 396 g/mol. The van der Waals surface area contributed by atoms with Crippen LogP contribution in [0.15, 0.2) is 67.5 Å². The van der Waals surface area contributed by atoms with Crippen LogP contribution in [0.25, 0.3) is 11.3 Å². The minimum Gasteiger partial charge on any atom is -0.506 e. The minimum atomic E-state index is -0.576. The van der Waals surface area contributed by atoms with Crippen LogP contribution in [0.5, 0.6) is 17.2 Å². The second-order valence-corrected chi connectivity index (χ2v) is 7.82. The van der Waals surface area contributed by atoms with Crippen molar-refractivity contribution in [3.63, 3.8) is 0 Å². The number of ether oxygens (including phenoxy) is 2. The third-order valence-electron chi connectivity index (χ3n) is 4.47. The predicted molar refractivity (Wildman–Crippen MR) is 108 cm³/mol. The minimum absolute atomic E-state index is 0.107. The van der Waals surface area contributed by atoms with E-state index in [0.29, 0.717) is 36.2 Å². The SMILES string of the molecule is CC(C)c1ccccc1Sc1c(O)cc(-c2ccc3c(c2)OCCO3)oc1=O. The number of hydrogen-bond donors (Lipinski definition) is 1. The molecule has 5 nitrogen and oxygen atoms in total. The molecule has 1 aliphatic heterocycles. The summed E-state index contributed by atoms with van der Waals surface area (Å²) in [6.45, 7) is 5.15. The Labute approximate surface area is 166 Å². The maximum absolute atomic E-state index is 12.6. The fourth-order valence-electron chi connectivity index (χ4n) is 3.06. The predicted octanol–water partition coefficient (Wildman–Crippen LogP) is 5.06. The fraction of sp³-hybridized carbons (Fsp3) is 0.227. The fourth-order valence-corrected chi connectivity index (χ4v) is 4.14. The molecule has 0 spiro atoms. The molecule has 3 aromatic rings. The average Bonchev–Trinajstić information content (AvgIpc) is 2.70. The van der Waals surface area contributed by atoms with E-state index in [1.54, 1.807) is 18.2 Å². The largest absolute Gasteiger partial charge is 0.506 e. The zero-order valence-electron chi connectivity index (χ0n) is 15.6. The van der Waals surface area contributed by atoms with Crippen LogP contribution in [-0.2, 0) is 0 Å². The Morgan fingerprint density at radius 1 is 1.00 bits per heavy atom. The van der Waals surface area contributed by atoms with Gasteiger partial charge in [-0.15, -0.1) is 0 Å². The van der Waals surface area contributed by atoms with Gasteiger partial charge in [0.05, 0.1) is 0 Å². The summed E-state index contributed by atoms with van der Waals surface area (Å²) >= 11 is 1.22. The number of hydrogen-bond acceptors (Lipinski definition) is 6. The molecular formula is C22H20O5S. The van der Waals surface area contributed by atoms with Gasteiger partial charge in [0.25, 0.3) is 0 Å². The molecule has 2 aromatic carbocycles. The van der Waals surface area contributed by atoms with Gasteiger partial charge in [0.15, 0.2) is 11.5 Å². The quantitative estimate of drug-likeness (QED) is 0.665. The molecule has 144 valence electrons. The van der Waals surface area contributed by atoms with Crippen LogP contribution in [-0.4, -0.2) is 18.3 Å². The van der Waals surface area contributed by atoms with E-state index < -0.39 is 5.63 Å². The van der Waals surface area contributed by atoms with Crippen molar-refractivity contribution in [3.8, 4) is 28.6 Å². The summed E-state index contributed by atoms with van der Waals surface area (Å²) < 4.78 is 16.6. The number of benzene rings is 2. The van der Waals surface area contributed by atoms with Crippen LogP contribution in [0.2, 0.25) is 0 Å². The van der Waals surface area contributed by atoms with E-state index in [1.165, 1.54) is 17.8 Å². The molecule has 0 saturated carbocycles. The Morgan fingerprint density at radius 2 is 1.75 bits per heavy atom. The van der Waals surface area contributed by atoms with Gasteiger partial charge >= 0.3 is 5.63 Å². The summed E-state index contributed by atoms with van der Waals surface area (Å²) in [6, 6.07) is 14.6. The zero-order valence-corrected chi connectivity index (χ0v) is 16.4. The first-order valence-corrected chi connectivity index (χ1v) is 9.88. The van der Waals surface area contributed by atoms with Crippen LogP contribution in [0.4, 0.5) is 0 Å². The maximum Gasteiger partial charge on any atom is 0.354 e. The van der Waals surface area contributed by atoms with Gasteiger partial charge in [0, 0.05) is 16.5 Å². The summed E-state index contributed by atoms with van der Waals surface area (Å²) in [4.78, 5) is 13.7. The van der Waals surface area contributed by atoms with E-state index in [9.17, 15) is 9.90 Å². The Morgan fingerprint density at radius 3 is 2.50 bits per heavy atom. The van der Waals surface area contributed by atoms with Crippen LogP contribution >= 0.6 is 11.8 Å². The molecule has 0 saturated heterocycles. The van der Waals surface area contributed by atoms with E-state index in [-0.39, 0.29) is 16.4 Å². The molecule has 0 atom stereocenters. The third-order valence-corrected chi connectivity index (χ3v) is 5.64. The van der Waals surface area contributed by atoms with Gasteiger partial charge in [-0.3, -0.25) is 0 Å². The average molecular weight is 396 g/mol. The Bertz CT molecular complexity index is 1070. The molecular weight excluding hydrogens is 376 g/mol. The standard InChI is InChI=1S/C22H20O5S/c1-13(2)15-5-3-4-6-20(15)28-21-16(23)12-18(27-22(21)24)14-7-8-17-19(11-14)26-10-9-25-17/h3-8,11-13,23H,9-10H2,1-2H3. The molecule has 28 heavy (non-hydrogen) atoms. The zero-order chi connectivity index (χ0) is 19.7. The lowest BCUT2D eigenvalue weighted by Crippen LogP contribution is -2.15. The first-order valence-electron chi connectivity index (χ1n) is 9.07. The van der Waals surface area contributed by atoms with E-state index in [4.69, 9.17) is 13.9 Å². The van der Waals surface area contributed by atoms with Gasteiger partial charge in [-0.05, 0) is 35.7 Å². The van der Waals surface area contributed by atoms with E-state index in [1.807, 2.05) is 24.3 Å². The van der Waals surface area contributed by atoms with Crippen molar-refractivity contribution in [3.05, 3.63) is 64.5 Å². The normalized spacial score (nSPS) is 13.0. The first kappa shape index (κ1) is 18.5. The number of rotatable bonds is 4. The number of fused-ring (bicyclic) bond motifs is 1. The summed E-state index contributed by atoms with van der Waals surface area (Å²) in [7, 11) is 0. The van der Waals surface area contributed by atoms with Crippen LogP contribution in [0.1, 0.15) is 25.3 Å². The van der Waals surface area contributed by atoms with Gasteiger partial charge in [-0.2, -0.15) is 0 Å². The smallest absolute Gasteiger partial charge is 0.354 e. The maximum atomic E-state index is 12.6. The van der Waals surface area contributed by atoms with Crippen molar-refractivity contribution in [2.24, 2.45) is 0 Å². The lowest BCUT2D eigenvalue weighted by molar-refractivity contribution is 0.171. The summed E-state index contributed by atoms with van der Waals surface area (Å²) in [5.74, 6) is 1.72. The molecule has 0 bridgehead atoms. The first-order chi connectivity index (χ1) is 13.5. The highest BCUT2D eigenvalue weighted by Crippen LogP contribution is 2.39. The highest BCUT2D eigenvalue weighted by atomic mass is 32.2. The molecule has 1 N–H and O–H groups in total. The van der Waals surface area contributed by atoms with Gasteiger partial charge in [-0.25, -0.2) is 4.79 Å². The molecule has 6 heteroatoms. The Hall–Kier alpha value is -2.86. The van der Waals surface area contributed by atoms with Gasteiger partial charge in [0.1, 0.15) is 29.6 Å². The molecule has 4 rings (SSSR count).